The van der Waals surface area contributed by atoms with E-state index < -0.39 is 51.4 Å². The van der Waals surface area contributed by atoms with E-state index in [1.807, 2.05) is 0 Å². The predicted octanol–water partition coefficient (Wildman–Crippen LogP) is -1.61. The van der Waals surface area contributed by atoms with E-state index >= 15 is 0 Å². The molecule has 0 saturated carbocycles. The normalized spacial score (nSPS) is 32.8. The maximum Gasteiger partial charge on any atom is 0.347 e. The van der Waals surface area contributed by atoms with Gasteiger partial charge in [-0.25, -0.2) is 13.2 Å². The van der Waals surface area contributed by atoms with E-state index in [1.54, 1.807) is 13.8 Å². The fourth-order valence-electron chi connectivity index (χ4n) is 2.83. The lowest BCUT2D eigenvalue weighted by Crippen LogP contribution is -2.39. The first-order valence-corrected chi connectivity index (χ1v) is 8.99. The number of hydrogen-bond acceptors (Lipinski definition) is 8. The molecule has 0 radical (unpaired) electrons. The van der Waals surface area contributed by atoms with E-state index in [4.69, 9.17) is 14.2 Å². The van der Waals surface area contributed by atoms with Crippen LogP contribution in [-0.4, -0.2) is 59.3 Å². The zero-order valence-electron chi connectivity index (χ0n) is 12.8. The summed E-state index contributed by atoms with van der Waals surface area (Å²) in [6.45, 7) is 3.37. The Morgan fingerprint density at radius 3 is 2.57 bits per heavy atom. The molecule has 4 atom stereocenters. The monoisotopic (exact) mass is 347 g/mol. The van der Waals surface area contributed by atoms with E-state index in [0.29, 0.717) is 0 Å². The molecular formula is C12H17N3O7S. The van der Waals surface area contributed by atoms with Gasteiger partial charge in [-0.05, 0) is 13.8 Å². The molecule has 0 spiro atoms. The Morgan fingerprint density at radius 2 is 1.96 bits per heavy atom. The fourth-order valence-corrected chi connectivity index (χ4v) is 3.70. The first kappa shape index (κ1) is 16.3. The summed E-state index contributed by atoms with van der Waals surface area (Å²) >= 11 is 0. The summed E-state index contributed by atoms with van der Waals surface area (Å²) < 4.78 is 41.2. The molecule has 11 heteroatoms. The lowest BCUT2D eigenvalue weighted by Gasteiger charge is -2.24. The molecule has 2 aliphatic rings. The zero-order valence-corrected chi connectivity index (χ0v) is 13.6. The molecule has 2 fully saturated rings. The molecule has 2 saturated heterocycles. The van der Waals surface area contributed by atoms with Gasteiger partial charge in [-0.15, -0.1) is 0 Å². The Balaban J connectivity index is 1.98. The quantitative estimate of drug-likeness (QED) is 0.691. The summed E-state index contributed by atoms with van der Waals surface area (Å²) in [5.74, 6) is -1.22. The molecule has 128 valence electrons. The van der Waals surface area contributed by atoms with Crippen LogP contribution in [0.1, 0.15) is 20.1 Å². The second-order valence-corrected chi connectivity index (χ2v) is 8.29. The molecule has 0 aromatic carbocycles. The number of fused-ring (bicyclic) bond motifs is 1. The standard InChI is InChI=1S/C12H17N3O7S/c1-12(2)21-8-6(5-23(3,18)19)20-10(9(8)22-12)15-11(17)14-7(16)4-13-15/h4,6,8-10H,5H2,1-3H3,(H,14,16,17)/t6-,8+,9-,10-/m1/s1. The number of nitrogens with one attached hydrogen (secondary N) is 1. The SMILES string of the molecule is CC1(C)O[C@@H]2[C@@H](O1)[C@@H](CS(C)(=O)=O)O[C@H]2n1ncc(=O)[nH]c1=O. The molecule has 1 N–H and O–H groups in total. The number of sulfone groups is 1. The molecule has 2 aliphatic heterocycles. The average molecular weight is 347 g/mol. The minimum atomic E-state index is -3.33. The molecule has 0 amide bonds. The number of aromatic nitrogens is 3. The Bertz CT molecular complexity index is 828. The average Bonchev–Trinajstić information content (AvgIpc) is 2.83. The van der Waals surface area contributed by atoms with E-state index in [2.05, 4.69) is 10.1 Å². The number of hydrogen-bond donors (Lipinski definition) is 1. The Morgan fingerprint density at radius 1 is 1.30 bits per heavy atom. The summed E-state index contributed by atoms with van der Waals surface area (Å²) in [5.41, 5.74) is -1.41. The van der Waals surface area contributed by atoms with Crippen LogP contribution in [0.25, 0.3) is 0 Å². The van der Waals surface area contributed by atoms with E-state index in [-0.39, 0.29) is 5.75 Å². The van der Waals surface area contributed by atoms with Crippen LogP contribution in [-0.2, 0) is 24.0 Å². The van der Waals surface area contributed by atoms with Gasteiger partial charge in [0.2, 0.25) is 0 Å². The van der Waals surface area contributed by atoms with Crippen molar-refractivity contribution in [1.29, 1.82) is 0 Å². The smallest absolute Gasteiger partial charge is 0.346 e. The number of rotatable bonds is 3. The highest BCUT2D eigenvalue weighted by atomic mass is 32.2. The van der Waals surface area contributed by atoms with Crippen molar-refractivity contribution in [3.8, 4) is 0 Å². The highest BCUT2D eigenvalue weighted by Crippen LogP contribution is 2.42. The molecule has 10 nitrogen and oxygen atoms in total. The van der Waals surface area contributed by atoms with Gasteiger partial charge in [0.15, 0.2) is 12.0 Å². The molecular weight excluding hydrogens is 330 g/mol. The molecule has 3 heterocycles. The Labute approximate surface area is 131 Å². The highest BCUT2D eigenvalue weighted by Gasteiger charge is 2.57. The van der Waals surface area contributed by atoms with E-state index in [1.165, 1.54) is 0 Å². The van der Waals surface area contributed by atoms with Crippen LogP contribution < -0.4 is 11.2 Å². The fraction of sp³-hybridized carbons (Fsp3) is 0.750. The van der Waals surface area contributed by atoms with Crippen molar-refractivity contribution in [2.24, 2.45) is 0 Å². The Hall–Kier alpha value is -1.56. The molecule has 0 bridgehead atoms. The highest BCUT2D eigenvalue weighted by molar-refractivity contribution is 7.90. The summed E-state index contributed by atoms with van der Waals surface area (Å²) in [6.07, 6.45) is -1.15. The third kappa shape index (κ3) is 3.22. The van der Waals surface area contributed by atoms with Gasteiger partial charge in [-0.2, -0.15) is 9.78 Å². The third-order valence-corrected chi connectivity index (χ3v) is 4.50. The van der Waals surface area contributed by atoms with Crippen LogP contribution in [0, 0.1) is 0 Å². The van der Waals surface area contributed by atoms with Crippen molar-refractivity contribution in [3.05, 3.63) is 27.0 Å². The lowest BCUT2D eigenvalue weighted by atomic mass is 10.1. The summed E-state index contributed by atoms with van der Waals surface area (Å²) in [7, 11) is -3.33. The number of H-pyrrole nitrogens is 1. The third-order valence-electron chi connectivity index (χ3n) is 3.57. The van der Waals surface area contributed by atoms with Gasteiger partial charge in [-0.3, -0.25) is 9.78 Å². The van der Waals surface area contributed by atoms with Crippen molar-refractivity contribution in [2.45, 2.75) is 44.2 Å². The van der Waals surface area contributed by atoms with Gasteiger partial charge in [-0.1, -0.05) is 0 Å². The van der Waals surface area contributed by atoms with Gasteiger partial charge >= 0.3 is 5.69 Å². The van der Waals surface area contributed by atoms with Gasteiger partial charge in [0, 0.05) is 6.26 Å². The van der Waals surface area contributed by atoms with Gasteiger partial charge in [0.1, 0.15) is 34.3 Å². The minimum Gasteiger partial charge on any atom is -0.346 e. The van der Waals surface area contributed by atoms with Crippen LogP contribution in [0.3, 0.4) is 0 Å². The maximum absolute atomic E-state index is 11.9. The lowest BCUT2D eigenvalue weighted by molar-refractivity contribution is -0.196. The topological polar surface area (TPSA) is 130 Å². The van der Waals surface area contributed by atoms with E-state index in [0.717, 1.165) is 17.1 Å². The van der Waals surface area contributed by atoms with Crippen molar-refractivity contribution in [3.63, 3.8) is 0 Å². The maximum atomic E-state index is 11.9. The molecule has 3 rings (SSSR count). The molecule has 1 aromatic rings. The summed E-state index contributed by atoms with van der Waals surface area (Å²) in [4.78, 5) is 25.1. The second-order valence-electron chi connectivity index (χ2n) is 6.11. The molecule has 1 aromatic heterocycles. The first-order chi connectivity index (χ1) is 10.6. The van der Waals surface area contributed by atoms with Crippen molar-refractivity contribution < 1.29 is 22.6 Å². The number of ether oxygens (including phenoxy) is 3. The molecule has 0 unspecified atom stereocenters. The zero-order chi connectivity index (χ0) is 17.0. The minimum absolute atomic E-state index is 0.276. The van der Waals surface area contributed by atoms with Crippen molar-refractivity contribution >= 4 is 9.84 Å². The van der Waals surface area contributed by atoms with Crippen LogP contribution in [0.5, 0.6) is 0 Å². The van der Waals surface area contributed by atoms with Gasteiger partial charge in [0.25, 0.3) is 5.56 Å². The van der Waals surface area contributed by atoms with Crippen LogP contribution in [0.15, 0.2) is 15.8 Å². The largest absolute Gasteiger partial charge is 0.347 e. The predicted molar refractivity (Wildman–Crippen MR) is 76.6 cm³/mol. The number of aromatic amines is 1. The van der Waals surface area contributed by atoms with Crippen LogP contribution in [0.2, 0.25) is 0 Å². The van der Waals surface area contributed by atoms with Crippen molar-refractivity contribution in [2.75, 3.05) is 12.0 Å². The Kier molecular flexibility index (Phi) is 3.71. The van der Waals surface area contributed by atoms with Gasteiger partial charge in [0.05, 0.1) is 5.75 Å². The summed E-state index contributed by atoms with van der Waals surface area (Å²) in [6, 6.07) is 0. The number of nitrogens with zero attached hydrogens (tertiary/aromatic N) is 2. The van der Waals surface area contributed by atoms with E-state index in [9.17, 15) is 18.0 Å². The van der Waals surface area contributed by atoms with Crippen LogP contribution in [0.4, 0.5) is 0 Å². The van der Waals surface area contributed by atoms with Crippen molar-refractivity contribution in [1.82, 2.24) is 14.8 Å². The second kappa shape index (κ2) is 5.23. The molecule has 23 heavy (non-hydrogen) atoms. The summed E-state index contributed by atoms with van der Waals surface area (Å²) in [5, 5.41) is 3.75. The van der Waals surface area contributed by atoms with Crippen LogP contribution >= 0.6 is 0 Å². The molecule has 0 aliphatic carbocycles. The first-order valence-electron chi connectivity index (χ1n) is 6.93. The van der Waals surface area contributed by atoms with Gasteiger partial charge < -0.3 is 14.2 Å².